The van der Waals surface area contributed by atoms with Crippen molar-refractivity contribution in [3.63, 3.8) is 0 Å². The van der Waals surface area contributed by atoms with Gasteiger partial charge in [0.05, 0.1) is 6.54 Å². The van der Waals surface area contributed by atoms with Gasteiger partial charge in [-0.05, 0) is 54.8 Å². The molecule has 0 atom stereocenters. The lowest BCUT2D eigenvalue weighted by Crippen LogP contribution is -2.39. The van der Waals surface area contributed by atoms with E-state index in [-0.39, 0.29) is 12.6 Å². The number of hydrogen-bond acceptors (Lipinski definition) is 4. The Morgan fingerprint density at radius 1 is 0.967 bits per heavy atom. The molecule has 7 nitrogen and oxygen atoms in total. The van der Waals surface area contributed by atoms with Crippen LogP contribution in [-0.2, 0) is 20.6 Å². The summed E-state index contributed by atoms with van der Waals surface area (Å²) in [6, 6.07) is 13.5. The van der Waals surface area contributed by atoms with Gasteiger partial charge in [0.25, 0.3) is 5.56 Å². The van der Waals surface area contributed by atoms with E-state index in [0.717, 1.165) is 21.2 Å². The molecule has 0 radical (unpaired) electrons. The summed E-state index contributed by atoms with van der Waals surface area (Å²) in [5.41, 5.74) is 2.88. The van der Waals surface area contributed by atoms with E-state index in [4.69, 9.17) is 4.74 Å². The molecule has 4 rings (SSSR count). The van der Waals surface area contributed by atoms with Crippen LogP contribution in [0.3, 0.4) is 0 Å². The van der Waals surface area contributed by atoms with Crippen molar-refractivity contribution in [2.24, 2.45) is 14.1 Å². The maximum atomic E-state index is 13.2. The van der Waals surface area contributed by atoms with Crippen LogP contribution in [0.15, 0.2) is 56.5 Å². The maximum Gasteiger partial charge on any atom is 0.332 e. The number of imidazole rings is 1. The Morgan fingerprint density at radius 3 is 2.33 bits per heavy atom. The van der Waals surface area contributed by atoms with Crippen molar-refractivity contribution in [1.29, 1.82) is 0 Å². The van der Waals surface area contributed by atoms with Gasteiger partial charge in [-0.2, -0.15) is 4.98 Å². The lowest BCUT2D eigenvalue weighted by molar-refractivity contribution is 0.427. The van der Waals surface area contributed by atoms with Crippen LogP contribution in [0, 0.1) is 13.8 Å². The first-order chi connectivity index (χ1) is 14.3. The van der Waals surface area contributed by atoms with Crippen LogP contribution in [-0.4, -0.2) is 18.7 Å². The molecule has 0 aliphatic rings. The highest BCUT2D eigenvalue weighted by atomic mass is 79.9. The minimum Gasteiger partial charge on any atom is -0.425 e. The van der Waals surface area contributed by atoms with Crippen LogP contribution < -0.4 is 16.0 Å². The molecule has 0 fully saturated rings. The van der Waals surface area contributed by atoms with E-state index < -0.39 is 11.2 Å². The number of rotatable bonds is 4. The SMILES string of the molecule is Cc1ccc(Oc2nc3c(c(=O)n(Cc4ccc(Br)cc4)c(=O)n3C)n2C)cc1C. The zero-order valence-electron chi connectivity index (χ0n) is 17.1. The minimum atomic E-state index is -0.425. The smallest absolute Gasteiger partial charge is 0.332 e. The second kappa shape index (κ2) is 7.60. The lowest BCUT2D eigenvalue weighted by atomic mass is 10.1. The third-order valence-electron chi connectivity index (χ3n) is 5.26. The number of aryl methyl sites for hydroxylation is 4. The highest BCUT2D eigenvalue weighted by Gasteiger charge is 2.20. The van der Waals surface area contributed by atoms with Crippen LogP contribution in [0.5, 0.6) is 11.8 Å². The van der Waals surface area contributed by atoms with E-state index in [1.165, 1.54) is 9.13 Å². The zero-order valence-corrected chi connectivity index (χ0v) is 18.7. The van der Waals surface area contributed by atoms with Crippen LogP contribution >= 0.6 is 15.9 Å². The number of fused-ring (bicyclic) bond motifs is 1. The molecule has 2 aromatic carbocycles. The van der Waals surface area contributed by atoms with Gasteiger partial charge in [-0.15, -0.1) is 0 Å². The highest BCUT2D eigenvalue weighted by Crippen LogP contribution is 2.24. The Kier molecular flexibility index (Phi) is 5.11. The Bertz CT molecular complexity index is 1380. The van der Waals surface area contributed by atoms with Crippen molar-refractivity contribution >= 4 is 27.1 Å². The molecule has 154 valence electrons. The maximum absolute atomic E-state index is 13.2. The average Bonchev–Trinajstić information content (AvgIpc) is 3.04. The van der Waals surface area contributed by atoms with Crippen molar-refractivity contribution in [2.75, 3.05) is 0 Å². The summed E-state index contributed by atoms with van der Waals surface area (Å²) in [7, 11) is 3.32. The van der Waals surface area contributed by atoms with Gasteiger partial charge in [-0.3, -0.25) is 18.5 Å². The van der Waals surface area contributed by atoms with Gasteiger partial charge in [0.2, 0.25) is 0 Å². The van der Waals surface area contributed by atoms with Gasteiger partial charge < -0.3 is 4.74 Å². The molecule has 0 saturated heterocycles. The van der Waals surface area contributed by atoms with Crippen LogP contribution in [0.1, 0.15) is 16.7 Å². The third kappa shape index (κ3) is 3.47. The molecule has 0 aliphatic heterocycles. The second-order valence-corrected chi connectivity index (χ2v) is 8.25. The molecule has 0 saturated carbocycles. The van der Waals surface area contributed by atoms with Crippen LogP contribution in [0.4, 0.5) is 0 Å². The van der Waals surface area contributed by atoms with Gasteiger partial charge in [0.1, 0.15) is 5.75 Å². The van der Waals surface area contributed by atoms with Crippen LogP contribution in [0.25, 0.3) is 11.2 Å². The molecule has 0 spiro atoms. The number of ether oxygens (including phenoxy) is 1. The summed E-state index contributed by atoms with van der Waals surface area (Å²) < 4.78 is 11.0. The minimum absolute atomic E-state index is 0.174. The summed E-state index contributed by atoms with van der Waals surface area (Å²) in [5, 5.41) is 0. The van der Waals surface area contributed by atoms with Crippen molar-refractivity contribution in [2.45, 2.75) is 20.4 Å². The molecule has 8 heteroatoms. The van der Waals surface area contributed by atoms with E-state index in [1.54, 1.807) is 18.7 Å². The second-order valence-electron chi connectivity index (χ2n) is 7.33. The molecule has 2 heterocycles. The van der Waals surface area contributed by atoms with Gasteiger partial charge in [-0.1, -0.05) is 34.1 Å². The van der Waals surface area contributed by atoms with Gasteiger partial charge in [0.15, 0.2) is 11.2 Å². The monoisotopic (exact) mass is 468 g/mol. The van der Waals surface area contributed by atoms with E-state index >= 15 is 0 Å². The normalized spacial score (nSPS) is 11.2. The molecule has 0 aliphatic carbocycles. The summed E-state index contributed by atoms with van der Waals surface area (Å²) in [5.74, 6) is 0.622. The molecule has 0 amide bonds. The molecule has 0 unspecified atom stereocenters. The molecular weight excluding hydrogens is 448 g/mol. The summed E-state index contributed by atoms with van der Waals surface area (Å²) in [6.45, 7) is 4.20. The standard InChI is InChI=1S/C22H21BrN4O3/c1-13-5-10-17(11-14(13)2)30-21-24-19-18(25(21)3)20(28)27(22(29)26(19)4)12-15-6-8-16(23)9-7-15/h5-11H,12H2,1-4H3. The highest BCUT2D eigenvalue weighted by molar-refractivity contribution is 9.10. The fourth-order valence-corrected chi connectivity index (χ4v) is 3.57. The van der Waals surface area contributed by atoms with Crippen molar-refractivity contribution in [3.05, 3.63) is 84.5 Å². The average molecular weight is 469 g/mol. The van der Waals surface area contributed by atoms with E-state index in [2.05, 4.69) is 20.9 Å². The fourth-order valence-electron chi connectivity index (χ4n) is 3.31. The van der Waals surface area contributed by atoms with Gasteiger partial charge >= 0.3 is 11.7 Å². The number of benzene rings is 2. The third-order valence-corrected chi connectivity index (χ3v) is 5.79. The Labute approximate surface area is 181 Å². The number of hydrogen-bond donors (Lipinski definition) is 0. The Morgan fingerprint density at radius 2 is 1.67 bits per heavy atom. The zero-order chi connectivity index (χ0) is 21.6. The first kappa shape index (κ1) is 20.2. The molecule has 0 bridgehead atoms. The number of nitrogens with zero attached hydrogens (tertiary/aromatic N) is 4. The Balaban J connectivity index is 1.82. The predicted molar refractivity (Wildman–Crippen MR) is 119 cm³/mol. The lowest BCUT2D eigenvalue weighted by Gasteiger charge is -2.09. The quantitative estimate of drug-likeness (QED) is 0.458. The van der Waals surface area contributed by atoms with Gasteiger partial charge in [0, 0.05) is 18.6 Å². The summed E-state index contributed by atoms with van der Waals surface area (Å²) in [6.07, 6.45) is 0. The molecular formula is C22H21BrN4O3. The topological polar surface area (TPSA) is 71.1 Å². The first-order valence-corrected chi connectivity index (χ1v) is 10.2. The first-order valence-electron chi connectivity index (χ1n) is 9.42. The molecule has 30 heavy (non-hydrogen) atoms. The van der Waals surface area contributed by atoms with E-state index in [0.29, 0.717) is 16.9 Å². The van der Waals surface area contributed by atoms with Gasteiger partial charge in [-0.25, -0.2) is 4.79 Å². The van der Waals surface area contributed by atoms with E-state index in [9.17, 15) is 9.59 Å². The molecule has 0 N–H and O–H groups in total. The van der Waals surface area contributed by atoms with Crippen molar-refractivity contribution in [1.82, 2.24) is 18.7 Å². The number of aromatic nitrogens is 4. The van der Waals surface area contributed by atoms with E-state index in [1.807, 2.05) is 56.3 Å². The van der Waals surface area contributed by atoms with Crippen molar-refractivity contribution < 1.29 is 4.74 Å². The number of halogens is 1. The molecule has 4 aromatic rings. The molecule has 2 aromatic heterocycles. The fraction of sp³-hybridized carbons (Fsp3) is 0.227. The van der Waals surface area contributed by atoms with Crippen LogP contribution in [0.2, 0.25) is 0 Å². The summed E-state index contributed by atoms with van der Waals surface area (Å²) in [4.78, 5) is 30.5. The predicted octanol–water partition coefficient (Wildman–Crippen LogP) is 3.65. The summed E-state index contributed by atoms with van der Waals surface area (Å²) >= 11 is 3.39. The largest absolute Gasteiger partial charge is 0.425 e. The van der Waals surface area contributed by atoms with Crippen molar-refractivity contribution in [3.8, 4) is 11.8 Å². The Hall–Kier alpha value is -3.13.